The van der Waals surface area contributed by atoms with Gasteiger partial charge < -0.3 is 0 Å². The van der Waals surface area contributed by atoms with Gasteiger partial charge in [0.2, 0.25) is 0 Å². The van der Waals surface area contributed by atoms with Gasteiger partial charge in [0.25, 0.3) is 0 Å². The van der Waals surface area contributed by atoms with Crippen LogP contribution < -0.4 is 0 Å². The van der Waals surface area contributed by atoms with Crippen molar-refractivity contribution in [1.29, 1.82) is 0 Å². The van der Waals surface area contributed by atoms with Crippen molar-refractivity contribution in [2.45, 2.75) is 0 Å². The second-order valence-corrected chi connectivity index (χ2v) is 9.01. The van der Waals surface area contributed by atoms with Crippen LogP contribution in [0.1, 0.15) is 0 Å². The van der Waals surface area contributed by atoms with Crippen molar-refractivity contribution in [3.8, 4) is 0 Å². The Balaban J connectivity index is 3.96. The van der Waals surface area contributed by atoms with Crippen LogP contribution >= 0.6 is 27.5 Å². The molecule has 0 nitrogen and oxygen atoms in total. The van der Waals surface area contributed by atoms with Gasteiger partial charge in [-0.05, 0) is 0 Å². The van der Waals surface area contributed by atoms with E-state index in [1.807, 2.05) is 6.26 Å². The zero-order valence-corrected chi connectivity index (χ0v) is 6.62. The molecule has 0 rings (SSSR count). The standard InChI is InChI=1S/CH4B3IS/c1-6(3,5)4-2/h2H,1H3. The fraction of sp³-hybridized carbons (Fsp3) is 1.00. The van der Waals surface area contributed by atoms with E-state index in [0.29, 0.717) is 0 Å². The summed E-state index contributed by atoms with van der Waals surface area (Å²) in [6.07, 6.45) is 2.83. The first-order valence-corrected chi connectivity index (χ1v) is 6.15. The van der Waals surface area contributed by atoms with Crippen molar-refractivity contribution in [1.82, 2.24) is 0 Å². The van der Waals surface area contributed by atoms with E-state index in [2.05, 4.69) is 28.6 Å². The Bertz CT molecular complexity index is 132. The fourth-order valence-electron chi connectivity index (χ4n) is 0. The van der Waals surface area contributed by atoms with E-state index in [9.17, 15) is 0 Å². The van der Waals surface area contributed by atoms with Crippen LogP contribution in [0.15, 0.2) is 0 Å². The molecule has 0 saturated heterocycles. The molecule has 0 aromatic heterocycles. The van der Waals surface area contributed by atoms with Gasteiger partial charge in [0.1, 0.15) is 0 Å². The van der Waals surface area contributed by atoms with Crippen molar-refractivity contribution in [2.75, 3.05) is 6.26 Å². The maximum atomic E-state index is 5.49. The minimum atomic E-state index is -0.928. The Labute approximate surface area is 53.6 Å². The number of hydrogen-bond donors (Lipinski definition) is 0. The number of rotatable bonds is 0. The SMILES string of the molecule is B#S(C)(I)B=B. The van der Waals surface area contributed by atoms with Crippen LogP contribution in [0, 0.1) is 0 Å². The maximum absolute atomic E-state index is 5.49. The molecule has 5 heteroatoms. The Kier molecular flexibility index (Phi) is 3.09. The van der Waals surface area contributed by atoms with Crippen LogP contribution in [-0.2, 0) is 0 Å². The third-order valence-electron chi connectivity index (χ3n) is 0.326. The molecule has 0 bridgehead atoms. The van der Waals surface area contributed by atoms with Crippen LogP contribution in [0.25, 0.3) is 0 Å². The summed E-state index contributed by atoms with van der Waals surface area (Å²) in [5.74, 6) is 0. The average molecular weight is 207 g/mol. The molecule has 0 heterocycles. The monoisotopic (exact) mass is 208 g/mol. The van der Waals surface area contributed by atoms with E-state index in [4.69, 9.17) is 6.53 Å². The zero-order chi connectivity index (χ0) is 5.21. The molecule has 1 unspecified atom stereocenters. The van der Waals surface area contributed by atoms with Crippen molar-refractivity contribution in [3.05, 3.63) is 0 Å². The molecule has 0 aliphatic rings. The Hall–Kier alpha value is 1.27. The van der Waals surface area contributed by atoms with Crippen LogP contribution in [0.4, 0.5) is 0 Å². The summed E-state index contributed by atoms with van der Waals surface area (Å²) in [4.78, 5) is 0. The Morgan fingerprint density at radius 1 is 2.00 bits per heavy atom. The average Bonchev–Trinajstić information content (AvgIpc) is 1.35. The Morgan fingerprint density at radius 2 is 2.17 bits per heavy atom. The first-order valence-electron chi connectivity index (χ1n) is 1.44. The summed E-state index contributed by atoms with van der Waals surface area (Å²) in [5.41, 5.74) is 0. The molecule has 0 saturated carbocycles. The third kappa shape index (κ3) is 5.27. The first kappa shape index (κ1) is 7.27. The van der Waals surface area contributed by atoms with E-state index in [-0.39, 0.29) is 0 Å². The van der Waals surface area contributed by atoms with Gasteiger partial charge in [0.05, 0.1) is 0 Å². The second kappa shape index (κ2) is 2.55. The van der Waals surface area contributed by atoms with Gasteiger partial charge in [-0.3, -0.25) is 0 Å². The molecular weight excluding hydrogens is 203 g/mol. The van der Waals surface area contributed by atoms with Gasteiger partial charge >= 0.3 is 53.7 Å². The van der Waals surface area contributed by atoms with Crippen LogP contribution in [-0.4, -0.2) is 26.2 Å². The molecule has 0 N–H and O–H groups in total. The summed E-state index contributed by atoms with van der Waals surface area (Å²) in [5, 5.41) is 0. The van der Waals surface area contributed by atoms with Crippen LogP contribution in [0.2, 0.25) is 0 Å². The van der Waals surface area contributed by atoms with Crippen LogP contribution in [0.3, 0.4) is 0 Å². The van der Waals surface area contributed by atoms with Crippen molar-refractivity contribution in [3.63, 3.8) is 0 Å². The normalized spacial score (nSPS) is 18.5. The summed E-state index contributed by atoms with van der Waals surface area (Å²) >= 11 is 2.18. The quantitative estimate of drug-likeness (QED) is 0.396. The van der Waals surface area contributed by atoms with Crippen molar-refractivity contribution >= 4 is 47.5 Å². The molecule has 0 aromatic rings. The van der Waals surface area contributed by atoms with Gasteiger partial charge in [-0.15, -0.1) is 0 Å². The van der Waals surface area contributed by atoms with Crippen molar-refractivity contribution < 1.29 is 0 Å². The molecular formula is CH4B3IS. The minimum absolute atomic E-state index is 0.928. The number of hydrogen-bond acceptors (Lipinski definition) is 0. The van der Waals surface area contributed by atoms with E-state index < -0.39 is 6.29 Å². The van der Waals surface area contributed by atoms with Gasteiger partial charge in [0, 0.05) is 0 Å². The second-order valence-electron chi connectivity index (χ2n) is 1.11. The molecule has 6 heavy (non-hydrogen) atoms. The van der Waals surface area contributed by atoms with Crippen molar-refractivity contribution in [2.24, 2.45) is 0 Å². The topological polar surface area (TPSA) is 0 Å². The summed E-state index contributed by atoms with van der Waals surface area (Å²) in [6, 6.07) is 0. The molecule has 0 aliphatic heterocycles. The molecule has 0 radical (unpaired) electrons. The molecule has 0 spiro atoms. The van der Waals surface area contributed by atoms with Gasteiger partial charge in [-0.1, -0.05) is 0 Å². The summed E-state index contributed by atoms with van der Waals surface area (Å²) in [6.45, 7) is 5.49. The predicted molar refractivity (Wildman–Crippen MR) is 46.2 cm³/mol. The fourth-order valence-corrected chi connectivity index (χ4v) is 0. The molecule has 0 amide bonds. The molecule has 0 fully saturated rings. The predicted octanol–water partition coefficient (Wildman–Crippen LogP) is 0.289. The van der Waals surface area contributed by atoms with E-state index >= 15 is 0 Å². The van der Waals surface area contributed by atoms with Gasteiger partial charge in [-0.2, -0.15) is 0 Å². The third-order valence-corrected chi connectivity index (χ3v) is 2.06. The number of halogens is 1. The zero-order valence-electron chi connectivity index (χ0n) is 3.65. The van der Waals surface area contributed by atoms with Gasteiger partial charge in [0.15, 0.2) is 0 Å². The molecule has 1 atom stereocenters. The Morgan fingerprint density at radius 3 is 2.17 bits per heavy atom. The van der Waals surface area contributed by atoms with E-state index in [1.165, 1.54) is 0 Å². The summed E-state index contributed by atoms with van der Waals surface area (Å²) in [7, 11) is 3.54. The van der Waals surface area contributed by atoms with E-state index in [0.717, 1.165) is 0 Å². The first-order chi connectivity index (χ1) is 2.56. The van der Waals surface area contributed by atoms with Gasteiger partial charge in [-0.25, -0.2) is 0 Å². The molecule has 0 aromatic carbocycles. The summed E-state index contributed by atoms with van der Waals surface area (Å²) < 4.78 is 0. The van der Waals surface area contributed by atoms with Crippen LogP contribution in [0.5, 0.6) is 0 Å². The molecule has 0 aliphatic carbocycles. The molecule has 30 valence electrons. The van der Waals surface area contributed by atoms with E-state index in [1.54, 1.807) is 6.08 Å².